The number of benzene rings is 1. The van der Waals surface area contributed by atoms with Crippen molar-refractivity contribution < 1.29 is 19.5 Å². The molecule has 0 aliphatic heterocycles. The molecule has 0 spiro atoms. The molecule has 6 heteroatoms. The number of nitrogens with one attached hydrogen (secondary N) is 1. The number of amides is 2. The molecule has 0 saturated carbocycles. The van der Waals surface area contributed by atoms with E-state index in [-0.39, 0.29) is 30.7 Å². The second-order valence-electron chi connectivity index (χ2n) is 6.20. The Bertz CT molecular complexity index is 611. The summed E-state index contributed by atoms with van der Waals surface area (Å²) < 4.78 is 0. The molecule has 0 radical (unpaired) electrons. The summed E-state index contributed by atoms with van der Waals surface area (Å²) in [5, 5.41) is 11.6. The first kappa shape index (κ1) is 19.7. The molecule has 1 rings (SSSR count). The van der Waals surface area contributed by atoms with Crippen LogP contribution in [-0.4, -0.2) is 40.9 Å². The van der Waals surface area contributed by atoms with Crippen LogP contribution in [0.1, 0.15) is 49.5 Å². The lowest BCUT2D eigenvalue weighted by atomic mass is 10.1. The molecule has 1 aromatic carbocycles. The first-order valence-electron chi connectivity index (χ1n) is 8.16. The Labute approximate surface area is 142 Å². The van der Waals surface area contributed by atoms with Crippen molar-refractivity contribution in [1.82, 2.24) is 4.90 Å². The Morgan fingerprint density at radius 2 is 1.92 bits per heavy atom. The summed E-state index contributed by atoms with van der Waals surface area (Å²) in [5.41, 5.74) is 1.97. The predicted molar refractivity (Wildman–Crippen MR) is 93.1 cm³/mol. The van der Waals surface area contributed by atoms with Crippen LogP contribution in [0.2, 0.25) is 0 Å². The van der Waals surface area contributed by atoms with Crippen molar-refractivity contribution in [2.45, 2.75) is 40.5 Å². The van der Waals surface area contributed by atoms with E-state index >= 15 is 0 Å². The van der Waals surface area contributed by atoms with Crippen LogP contribution in [0.5, 0.6) is 0 Å². The van der Waals surface area contributed by atoms with Crippen LogP contribution in [0.25, 0.3) is 0 Å². The Morgan fingerprint density at radius 1 is 1.25 bits per heavy atom. The van der Waals surface area contributed by atoms with Crippen LogP contribution in [0.4, 0.5) is 5.69 Å². The first-order chi connectivity index (χ1) is 11.2. The van der Waals surface area contributed by atoms with E-state index in [0.29, 0.717) is 24.2 Å². The number of aliphatic carboxylic acids is 1. The highest BCUT2D eigenvalue weighted by Crippen LogP contribution is 2.19. The zero-order chi connectivity index (χ0) is 18.3. The van der Waals surface area contributed by atoms with Crippen molar-refractivity contribution in [2.24, 2.45) is 5.92 Å². The minimum absolute atomic E-state index is 0.0520. The lowest BCUT2D eigenvalue weighted by molar-refractivity contribution is -0.137. The number of hydrogen-bond donors (Lipinski definition) is 2. The molecular formula is C18H26N2O4. The Morgan fingerprint density at radius 3 is 2.42 bits per heavy atom. The van der Waals surface area contributed by atoms with Gasteiger partial charge < -0.3 is 15.3 Å². The summed E-state index contributed by atoms with van der Waals surface area (Å²) >= 11 is 0. The van der Waals surface area contributed by atoms with Gasteiger partial charge in [-0.15, -0.1) is 0 Å². The van der Waals surface area contributed by atoms with Gasteiger partial charge in [0.2, 0.25) is 5.91 Å². The molecule has 0 atom stereocenters. The van der Waals surface area contributed by atoms with Gasteiger partial charge in [-0.25, -0.2) is 0 Å². The summed E-state index contributed by atoms with van der Waals surface area (Å²) in [5.74, 6) is -0.912. The number of aryl methyl sites for hydroxylation is 1. The first-order valence-corrected chi connectivity index (χ1v) is 8.16. The SMILES string of the molecule is CCN(CCC(=O)O)C(=O)c1ccc(NC(=O)CC(C)C)c(C)c1. The number of carbonyl (C=O) groups excluding carboxylic acids is 2. The van der Waals surface area contributed by atoms with Gasteiger partial charge in [0.1, 0.15) is 0 Å². The van der Waals surface area contributed by atoms with Gasteiger partial charge >= 0.3 is 5.97 Å². The standard InChI is InChI=1S/C18H26N2O4/c1-5-20(9-8-17(22)23)18(24)14-6-7-15(13(4)11-14)19-16(21)10-12(2)3/h6-7,11-12H,5,8-10H2,1-4H3,(H,19,21)(H,22,23). The lowest BCUT2D eigenvalue weighted by Crippen LogP contribution is -2.32. The second kappa shape index (κ2) is 9.05. The highest BCUT2D eigenvalue weighted by atomic mass is 16.4. The molecule has 24 heavy (non-hydrogen) atoms. The zero-order valence-corrected chi connectivity index (χ0v) is 14.8. The summed E-state index contributed by atoms with van der Waals surface area (Å²) in [6, 6.07) is 5.09. The Hall–Kier alpha value is -2.37. The van der Waals surface area contributed by atoms with E-state index in [0.717, 1.165) is 5.56 Å². The second-order valence-corrected chi connectivity index (χ2v) is 6.20. The van der Waals surface area contributed by atoms with Crippen LogP contribution in [0.15, 0.2) is 18.2 Å². The molecule has 2 N–H and O–H groups in total. The van der Waals surface area contributed by atoms with E-state index in [4.69, 9.17) is 5.11 Å². The highest BCUT2D eigenvalue weighted by Gasteiger charge is 2.16. The molecule has 0 saturated heterocycles. The molecule has 2 amide bonds. The minimum atomic E-state index is -0.930. The molecule has 0 aromatic heterocycles. The fourth-order valence-corrected chi connectivity index (χ4v) is 2.33. The Kier molecular flexibility index (Phi) is 7.42. The van der Waals surface area contributed by atoms with Gasteiger partial charge in [0.15, 0.2) is 0 Å². The topological polar surface area (TPSA) is 86.7 Å². The monoisotopic (exact) mass is 334 g/mol. The zero-order valence-electron chi connectivity index (χ0n) is 14.8. The van der Waals surface area contributed by atoms with Gasteiger partial charge in [0.25, 0.3) is 5.91 Å². The number of carbonyl (C=O) groups is 3. The molecule has 0 fully saturated rings. The summed E-state index contributed by atoms with van der Waals surface area (Å²) in [4.78, 5) is 36.5. The van der Waals surface area contributed by atoms with Crippen LogP contribution >= 0.6 is 0 Å². The van der Waals surface area contributed by atoms with Crippen LogP contribution in [-0.2, 0) is 9.59 Å². The van der Waals surface area contributed by atoms with Crippen molar-refractivity contribution in [2.75, 3.05) is 18.4 Å². The van der Waals surface area contributed by atoms with E-state index in [1.165, 1.54) is 4.90 Å². The smallest absolute Gasteiger partial charge is 0.305 e. The summed E-state index contributed by atoms with van der Waals surface area (Å²) in [6.07, 6.45) is 0.362. The molecule has 0 unspecified atom stereocenters. The van der Waals surface area contributed by atoms with Crippen molar-refractivity contribution in [3.05, 3.63) is 29.3 Å². The van der Waals surface area contributed by atoms with E-state index in [9.17, 15) is 14.4 Å². The van der Waals surface area contributed by atoms with E-state index in [2.05, 4.69) is 5.32 Å². The largest absolute Gasteiger partial charge is 0.481 e. The normalized spacial score (nSPS) is 10.5. The maximum atomic E-state index is 12.5. The molecule has 0 aliphatic rings. The van der Waals surface area contributed by atoms with Crippen molar-refractivity contribution in [3.8, 4) is 0 Å². The fourth-order valence-electron chi connectivity index (χ4n) is 2.33. The third-order valence-corrected chi connectivity index (χ3v) is 3.61. The quantitative estimate of drug-likeness (QED) is 0.765. The van der Waals surface area contributed by atoms with E-state index < -0.39 is 5.97 Å². The van der Waals surface area contributed by atoms with E-state index in [1.807, 2.05) is 27.7 Å². The van der Waals surface area contributed by atoms with Gasteiger partial charge in [-0.1, -0.05) is 13.8 Å². The molecule has 0 bridgehead atoms. The van der Waals surface area contributed by atoms with E-state index in [1.54, 1.807) is 18.2 Å². The van der Waals surface area contributed by atoms with Gasteiger partial charge in [-0.05, 0) is 43.5 Å². The lowest BCUT2D eigenvalue weighted by Gasteiger charge is -2.20. The molecule has 0 aliphatic carbocycles. The number of carboxylic acids is 1. The van der Waals surface area contributed by atoms with Crippen LogP contribution < -0.4 is 5.32 Å². The Balaban J connectivity index is 2.83. The predicted octanol–water partition coefficient (Wildman–Crippen LogP) is 2.92. The molecule has 1 aromatic rings. The third-order valence-electron chi connectivity index (χ3n) is 3.61. The van der Waals surface area contributed by atoms with Crippen molar-refractivity contribution >= 4 is 23.5 Å². The van der Waals surface area contributed by atoms with Crippen molar-refractivity contribution in [3.63, 3.8) is 0 Å². The van der Waals surface area contributed by atoms with Crippen LogP contribution in [0.3, 0.4) is 0 Å². The molecule has 6 nitrogen and oxygen atoms in total. The fraction of sp³-hybridized carbons (Fsp3) is 0.500. The average Bonchev–Trinajstić information content (AvgIpc) is 2.48. The van der Waals surface area contributed by atoms with Gasteiger partial charge in [0.05, 0.1) is 6.42 Å². The molecule has 132 valence electrons. The van der Waals surface area contributed by atoms with Crippen molar-refractivity contribution in [1.29, 1.82) is 0 Å². The number of hydrogen-bond acceptors (Lipinski definition) is 3. The molecule has 0 heterocycles. The number of anilines is 1. The van der Waals surface area contributed by atoms with Gasteiger partial charge in [-0.2, -0.15) is 0 Å². The number of carboxylic acid groups (broad SMARTS) is 1. The van der Waals surface area contributed by atoms with Gasteiger partial charge in [0, 0.05) is 30.8 Å². The van der Waals surface area contributed by atoms with Gasteiger partial charge in [-0.3, -0.25) is 14.4 Å². The average molecular weight is 334 g/mol. The summed E-state index contributed by atoms with van der Waals surface area (Å²) in [7, 11) is 0. The molecular weight excluding hydrogens is 308 g/mol. The van der Waals surface area contributed by atoms with Crippen LogP contribution in [0, 0.1) is 12.8 Å². The maximum Gasteiger partial charge on any atom is 0.305 e. The highest BCUT2D eigenvalue weighted by molar-refractivity contribution is 5.96. The third kappa shape index (κ3) is 6.02. The maximum absolute atomic E-state index is 12.5. The summed E-state index contributed by atoms with van der Waals surface area (Å²) in [6.45, 7) is 8.21. The number of nitrogens with zero attached hydrogens (tertiary/aromatic N) is 1. The minimum Gasteiger partial charge on any atom is -0.481 e. The number of rotatable bonds is 8.